The summed E-state index contributed by atoms with van der Waals surface area (Å²) in [7, 11) is 2.52. The maximum Gasteiger partial charge on any atom is 0.230 e. The van der Waals surface area contributed by atoms with Crippen molar-refractivity contribution in [1.29, 1.82) is 5.26 Å². The second-order valence-corrected chi connectivity index (χ2v) is 4.74. The SMILES string of the molecule is COC1(OC)c2c(cc(C#N)c(Br)c2F)CC1F. The average molecular weight is 318 g/mol. The Morgan fingerprint density at radius 1 is 1.50 bits per heavy atom. The Morgan fingerprint density at radius 3 is 2.61 bits per heavy atom. The molecule has 0 bridgehead atoms. The molecule has 6 heteroatoms. The molecule has 96 valence electrons. The normalized spacial score (nSPS) is 20.6. The van der Waals surface area contributed by atoms with Gasteiger partial charge in [0.05, 0.1) is 15.6 Å². The third-order valence-corrected chi connectivity index (χ3v) is 3.95. The predicted octanol–water partition coefficient (Wildman–Crippen LogP) is 2.80. The number of nitriles is 1. The van der Waals surface area contributed by atoms with Crippen LogP contribution >= 0.6 is 15.9 Å². The van der Waals surface area contributed by atoms with E-state index in [1.807, 2.05) is 6.07 Å². The van der Waals surface area contributed by atoms with Crippen molar-refractivity contribution in [2.45, 2.75) is 18.4 Å². The maximum absolute atomic E-state index is 14.3. The summed E-state index contributed by atoms with van der Waals surface area (Å²) < 4.78 is 38.4. The average Bonchev–Trinajstić information content (AvgIpc) is 2.66. The standard InChI is InChI=1S/C12H10BrF2NO2/c1-17-12(18-2)8(14)4-6-3-7(5-16)10(13)11(15)9(6)12/h3,8H,4H2,1-2H3. The van der Waals surface area contributed by atoms with E-state index in [1.54, 1.807) is 0 Å². The van der Waals surface area contributed by atoms with E-state index in [1.165, 1.54) is 20.3 Å². The first-order valence-corrected chi connectivity index (χ1v) is 5.97. The molecule has 0 fully saturated rings. The van der Waals surface area contributed by atoms with Crippen LogP contribution in [-0.4, -0.2) is 20.4 Å². The zero-order valence-corrected chi connectivity index (χ0v) is 11.3. The molecule has 18 heavy (non-hydrogen) atoms. The lowest BCUT2D eigenvalue weighted by molar-refractivity contribution is -0.246. The van der Waals surface area contributed by atoms with Gasteiger partial charge in [-0.1, -0.05) is 0 Å². The fourth-order valence-corrected chi connectivity index (χ4v) is 2.73. The van der Waals surface area contributed by atoms with E-state index in [0.29, 0.717) is 5.56 Å². The largest absolute Gasteiger partial charge is 0.347 e. The molecule has 1 aromatic rings. The van der Waals surface area contributed by atoms with E-state index in [-0.39, 0.29) is 22.0 Å². The number of methoxy groups -OCH3 is 2. The molecule has 0 aliphatic heterocycles. The quantitative estimate of drug-likeness (QED) is 0.788. The summed E-state index contributed by atoms with van der Waals surface area (Å²) in [6.45, 7) is 0. The van der Waals surface area contributed by atoms with Gasteiger partial charge in [0.1, 0.15) is 11.9 Å². The molecule has 0 spiro atoms. The number of nitrogens with zero attached hydrogens (tertiary/aromatic N) is 1. The van der Waals surface area contributed by atoms with Gasteiger partial charge in [-0.2, -0.15) is 5.26 Å². The van der Waals surface area contributed by atoms with Crippen molar-refractivity contribution in [2.24, 2.45) is 0 Å². The summed E-state index contributed by atoms with van der Waals surface area (Å²) in [5.74, 6) is -2.46. The number of hydrogen-bond donors (Lipinski definition) is 0. The second kappa shape index (κ2) is 4.57. The number of hydrogen-bond acceptors (Lipinski definition) is 3. The monoisotopic (exact) mass is 317 g/mol. The van der Waals surface area contributed by atoms with Gasteiger partial charge in [-0.15, -0.1) is 0 Å². The fourth-order valence-electron chi connectivity index (χ4n) is 2.33. The van der Waals surface area contributed by atoms with Crippen molar-refractivity contribution >= 4 is 15.9 Å². The Labute approximate surface area is 111 Å². The van der Waals surface area contributed by atoms with Crippen LogP contribution < -0.4 is 0 Å². The Kier molecular flexibility index (Phi) is 3.41. The van der Waals surface area contributed by atoms with Crippen molar-refractivity contribution in [3.05, 3.63) is 33.0 Å². The highest BCUT2D eigenvalue weighted by molar-refractivity contribution is 9.10. The molecule has 1 aliphatic rings. The maximum atomic E-state index is 14.3. The topological polar surface area (TPSA) is 42.2 Å². The van der Waals surface area contributed by atoms with E-state index in [4.69, 9.17) is 14.7 Å². The first-order chi connectivity index (χ1) is 8.51. The molecule has 1 atom stereocenters. The summed E-state index contributed by atoms with van der Waals surface area (Å²) in [6.07, 6.45) is -1.56. The molecule has 1 unspecified atom stereocenters. The number of alkyl halides is 1. The molecular formula is C12H10BrF2NO2. The number of fused-ring (bicyclic) bond motifs is 1. The highest BCUT2D eigenvalue weighted by atomic mass is 79.9. The van der Waals surface area contributed by atoms with Crippen molar-refractivity contribution in [1.82, 2.24) is 0 Å². The molecule has 3 nitrogen and oxygen atoms in total. The smallest absolute Gasteiger partial charge is 0.230 e. The molecule has 0 saturated carbocycles. The summed E-state index contributed by atoms with van der Waals surface area (Å²) in [6, 6.07) is 3.31. The molecule has 0 aromatic heterocycles. The Bertz CT molecular complexity index is 538. The van der Waals surface area contributed by atoms with Gasteiger partial charge in [-0.25, -0.2) is 8.78 Å². The Hall–Kier alpha value is -1.03. The zero-order valence-electron chi connectivity index (χ0n) is 9.76. The van der Waals surface area contributed by atoms with Gasteiger partial charge in [0.15, 0.2) is 6.17 Å². The van der Waals surface area contributed by atoms with Crippen LogP contribution in [0.1, 0.15) is 16.7 Å². The first-order valence-electron chi connectivity index (χ1n) is 5.17. The minimum absolute atomic E-state index is 0.00340. The van der Waals surface area contributed by atoms with Gasteiger partial charge in [-0.3, -0.25) is 0 Å². The van der Waals surface area contributed by atoms with Crippen LogP contribution in [0.4, 0.5) is 8.78 Å². The van der Waals surface area contributed by atoms with E-state index in [9.17, 15) is 8.78 Å². The minimum Gasteiger partial charge on any atom is -0.347 e. The molecule has 0 N–H and O–H groups in total. The van der Waals surface area contributed by atoms with Crippen LogP contribution in [0.5, 0.6) is 0 Å². The minimum atomic E-state index is -1.74. The summed E-state index contributed by atoms with van der Waals surface area (Å²) in [5, 5.41) is 8.88. The molecule has 0 radical (unpaired) electrons. The highest BCUT2D eigenvalue weighted by Gasteiger charge is 2.51. The molecule has 0 amide bonds. The summed E-state index contributed by atoms with van der Waals surface area (Å²) in [4.78, 5) is 0. The van der Waals surface area contributed by atoms with Crippen LogP contribution in [0.3, 0.4) is 0 Å². The number of ether oxygens (including phenoxy) is 2. The lowest BCUT2D eigenvalue weighted by Crippen LogP contribution is -2.38. The number of halogens is 3. The van der Waals surface area contributed by atoms with E-state index in [0.717, 1.165) is 0 Å². The van der Waals surface area contributed by atoms with E-state index in [2.05, 4.69) is 15.9 Å². The van der Waals surface area contributed by atoms with Crippen molar-refractivity contribution < 1.29 is 18.3 Å². The van der Waals surface area contributed by atoms with Crippen molar-refractivity contribution in [2.75, 3.05) is 14.2 Å². The molecular weight excluding hydrogens is 308 g/mol. The number of rotatable bonds is 2. The fraction of sp³-hybridized carbons (Fsp3) is 0.417. The molecule has 1 aliphatic carbocycles. The van der Waals surface area contributed by atoms with Gasteiger partial charge in [0, 0.05) is 20.6 Å². The summed E-state index contributed by atoms with van der Waals surface area (Å²) >= 11 is 2.99. The molecule has 0 heterocycles. The van der Waals surface area contributed by atoms with Gasteiger partial charge in [0.25, 0.3) is 0 Å². The van der Waals surface area contributed by atoms with Crippen molar-refractivity contribution in [3.8, 4) is 6.07 Å². The summed E-state index contributed by atoms with van der Waals surface area (Å²) in [5.41, 5.74) is 0.538. The van der Waals surface area contributed by atoms with Crippen LogP contribution in [0.2, 0.25) is 0 Å². The highest BCUT2D eigenvalue weighted by Crippen LogP contribution is 2.45. The predicted molar refractivity (Wildman–Crippen MR) is 63.1 cm³/mol. The third kappa shape index (κ3) is 1.58. The zero-order chi connectivity index (χ0) is 13.5. The Morgan fingerprint density at radius 2 is 2.11 bits per heavy atom. The molecule has 0 saturated heterocycles. The van der Waals surface area contributed by atoms with Crippen LogP contribution in [-0.2, 0) is 21.7 Å². The van der Waals surface area contributed by atoms with E-state index >= 15 is 0 Å². The van der Waals surface area contributed by atoms with Gasteiger partial charge in [-0.05, 0) is 27.6 Å². The lowest BCUT2D eigenvalue weighted by Gasteiger charge is -2.29. The Balaban J connectivity index is 2.75. The molecule has 1 aromatic carbocycles. The van der Waals surface area contributed by atoms with Gasteiger partial charge in [0.2, 0.25) is 5.79 Å². The van der Waals surface area contributed by atoms with Crippen LogP contribution in [0.15, 0.2) is 10.5 Å². The van der Waals surface area contributed by atoms with Crippen LogP contribution in [0.25, 0.3) is 0 Å². The third-order valence-electron chi connectivity index (χ3n) is 3.18. The van der Waals surface area contributed by atoms with E-state index < -0.39 is 17.8 Å². The number of benzene rings is 1. The first kappa shape index (κ1) is 13.4. The molecule has 2 rings (SSSR count). The second-order valence-electron chi connectivity index (χ2n) is 3.95. The van der Waals surface area contributed by atoms with Gasteiger partial charge < -0.3 is 9.47 Å². The van der Waals surface area contributed by atoms with Crippen molar-refractivity contribution in [3.63, 3.8) is 0 Å². The van der Waals surface area contributed by atoms with Crippen LogP contribution in [0, 0.1) is 17.1 Å². The van der Waals surface area contributed by atoms with Gasteiger partial charge >= 0.3 is 0 Å². The lowest BCUT2D eigenvalue weighted by atomic mass is 10.0.